The van der Waals surface area contributed by atoms with Crippen molar-refractivity contribution in [3.05, 3.63) is 204 Å². The first-order chi connectivity index (χ1) is 24.5. The maximum Gasteiger partial charge on any atom is 0.335 e. The van der Waals surface area contributed by atoms with Gasteiger partial charge in [-0.1, -0.05) is 176 Å². The van der Waals surface area contributed by atoms with E-state index in [1.54, 1.807) is 0 Å². The van der Waals surface area contributed by atoms with Gasteiger partial charge in [-0.15, -0.1) is 0 Å². The predicted octanol–water partition coefficient (Wildman–Crippen LogP) is 10.6. The third-order valence-corrected chi connectivity index (χ3v) is 10.8. The predicted molar refractivity (Wildman–Crippen MR) is 197 cm³/mol. The van der Waals surface area contributed by atoms with Gasteiger partial charge in [-0.05, 0) is 52.8 Å². The van der Waals surface area contributed by atoms with Crippen LogP contribution in [0.5, 0.6) is 0 Å². The van der Waals surface area contributed by atoms with Crippen molar-refractivity contribution in [2.75, 3.05) is 0 Å². The molecule has 50 heavy (non-hydrogen) atoms. The van der Waals surface area contributed by atoms with Crippen LogP contribution in [-0.2, 0) is 40.9 Å². The lowest BCUT2D eigenvalue weighted by Gasteiger charge is -2.41. The van der Waals surface area contributed by atoms with Crippen molar-refractivity contribution < 1.29 is 23.0 Å². The fourth-order valence-electron chi connectivity index (χ4n) is 7.38. The number of hydrogen-bond acceptors (Lipinski definition) is 5. The van der Waals surface area contributed by atoms with Crippen LogP contribution in [0.15, 0.2) is 176 Å². The molecular weight excluding hydrogens is 639 g/mol. The molecular formula is C44H39O5P. The molecule has 2 fully saturated rings. The minimum Gasteiger partial charge on any atom is -0.341 e. The molecule has 0 amide bonds. The SMILES string of the molecule is CC1(C)O[C@@H]2[C@@H](O1)C(c1ccccc1)(c1ccccc1)OP(OCc1ccccc1-c1ccccc1)OC2(c1ccccc1)c1ccccc1. The van der Waals surface area contributed by atoms with Gasteiger partial charge in [0.1, 0.15) is 12.2 Å². The van der Waals surface area contributed by atoms with Gasteiger partial charge in [-0.3, -0.25) is 9.05 Å². The third-order valence-electron chi connectivity index (χ3n) is 9.57. The van der Waals surface area contributed by atoms with E-state index in [1.165, 1.54) is 0 Å². The van der Waals surface area contributed by atoms with Crippen LogP contribution in [0.1, 0.15) is 41.7 Å². The van der Waals surface area contributed by atoms with Gasteiger partial charge in [0, 0.05) is 0 Å². The Morgan fingerprint density at radius 2 is 0.840 bits per heavy atom. The van der Waals surface area contributed by atoms with Crippen molar-refractivity contribution >= 4 is 8.60 Å². The van der Waals surface area contributed by atoms with Crippen LogP contribution in [0.2, 0.25) is 0 Å². The van der Waals surface area contributed by atoms with E-state index in [0.29, 0.717) is 0 Å². The highest BCUT2D eigenvalue weighted by atomic mass is 31.2. The Balaban J connectivity index is 1.35. The Labute approximate surface area is 295 Å². The van der Waals surface area contributed by atoms with Gasteiger partial charge >= 0.3 is 8.60 Å². The van der Waals surface area contributed by atoms with Crippen molar-refractivity contribution in [1.82, 2.24) is 0 Å². The Bertz CT molecular complexity index is 1820. The Kier molecular flexibility index (Phi) is 8.97. The highest BCUT2D eigenvalue weighted by Gasteiger charge is 2.67. The molecule has 0 unspecified atom stereocenters. The first kappa shape index (κ1) is 32.7. The second-order valence-corrected chi connectivity index (χ2v) is 14.2. The molecule has 2 saturated heterocycles. The first-order valence-electron chi connectivity index (χ1n) is 17.0. The monoisotopic (exact) mass is 678 g/mol. The summed E-state index contributed by atoms with van der Waals surface area (Å²) in [6.45, 7) is 4.19. The van der Waals surface area contributed by atoms with E-state index in [0.717, 1.165) is 38.9 Å². The van der Waals surface area contributed by atoms with Gasteiger partial charge in [-0.2, -0.15) is 0 Å². The van der Waals surface area contributed by atoms with Crippen molar-refractivity contribution in [1.29, 1.82) is 0 Å². The Morgan fingerprint density at radius 1 is 0.480 bits per heavy atom. The van der Waals surface area contributed by atoms with Gasteiger partial charge in [0.2, 0.25) is 0 Å². The highest BCUT2D eigenvalue weighted by molar-refractivity contribution is 7.41. The van der Waals surface area contributed by atoms with Gasteiger partial charge in [0.15, 0.2) is 17.0 Å². The molecule has 0 radical (unpaired) electrons. The summed E-state index contributed by atoms with van der Waals surface area (Å²) >= 11 is 0. The lowest BCUT2D eigenvalue weighted by molar-refractivity contribution is -0.176. The summed E-state index contributed by atoms with van der Waals surface area (Å²) in [5, 5.41) is 0. The van der Waals surface area contributed by atoms with E-state index < -0.39 is 37.8 Å². The van der Waals surface area contributed by atoms with Gasteiger partial charge in [0.05, 0.1) is 6.61 Å². The zero-order valence-corrected chi connectivity index (χ0v) is 29.0. The molecule has 0 saturated carbocycles. The smallest absolute Gasteiger partial charge is 0.335 e. The molecule has 5 nitrogen and oxygen atoms in total. The topological polar surface area (TPSA) is 46.2 Å². The summed E-state index contributed by atoms with van der Waals surface area (Å²) in [6, 6.07) is 59.8. The van der Waals surface area contributed by atoms with Crippen molar-refractivity contribution in [3.8, 4) is 11.1 Å². The minimum absolute atomic E-state index is 0.263. The third kappa shape index (κ3) is 5.91. The quantitative estimate of drug-likeness (QED) is 0.150. The fraction of sp³-hybridized carbons (Fsp3) is 0.182. The van der Waals surface area contributed by atoms with Crippen LogP contribution >= 0.6 is 8.60 Å². The normalized spacial score (nSPS) is 20.8. The molecule has 6 aromatic rings. The number of benzene rings is 6. The number of hydrogen-bond donors (Lipinski definition) is 0. The molecule has 250 valence electrons. The Hall–Kier alpha value is -4.45. The maximum absolute atomic E-state index is 7.46. The largest absolute Gasteiger partial charge is 0.341 e. The van der Waals surface area contributed by atoms with E-state index in [-0.39, 0.29) is 6.61 Å². The van der Waals surface area contributed by atoms with E-state index in [4.69, 9.17) is 23.0 Å². The summed E-state index contributed by atoms with van der Waals surface area (Å²) in [4.78, 5) is 0. The van der Waals surface area contributed by atoms with Crippen LogP contribution in [0.4, 0.5) is 0 Å². The fourth-order valence-corrected chi connectivity index (χ4v) is 8.86. The molecule has 0 bridgehead atoms. The summed E-state index contributed by atoms with van der Waals surface area (Å²) < 4.78 is 36.0. The summed E-state index contributed by atoms with van der Waals surface area (Å²) in [5.74, 6) is -0.957. The summed E-state index contributed by atoms with van der Waals surface area (Å²) in [7, 11) is -2.09. The lowest BCUT2D eigenvalue weighted by Crippen LogP contribution is -2.53. The molecule has 0 spiro atoms. The van der Waals surface area contributed by atoms with Crippen LogP contribution in [-0.4, -0.2) is 18.0 Å². The molecule has 6 aromatic carbocycles. The van der Waals surface area contributed by atoms with Crippen molar-refractivity contribution in [3.63, 3.8) is 0 Å². The average Bonchev–Trinajstić information content (AvgIpc) is 3.46. The van der Waals surface area contributed by atoms with E-state index >= 15 is 0 Å². The standard InChI is InChI=1S/C44H39O5P/c1-42(2)46-40-41(47-42)44(37-27-14-6-15-28-37,38-29-16-7-17-30-38)49-50(45-32-34-22-18-19-31-39(34)33-20-8-3-9-21-33)48-43(40,35-23-10-4-11-24-35)36-25-12-5-13-26-36/h3-31,40-41H,32H2,1-2H3/t40-,41-/m1/s1. The summed E-state index contributed by atoms with van der Waals surface area (Å²) in [5.41, 5.74) is 4.58. The number of fused-ring (bicyclic) bond motifs is 1. The van der Waals surface area contributed by atoms with Gasteiger partial charge in [-0.25, -0.2) is 0 Å². The molecule has 2 atom stereocenters. The molecule has 0 aliphatic carbocycles. The van der Waals surface area contributed by atoms with Crippen molar-refractivity contribution in [2.24, 2.45) is 0 Å². The second-order valence-electron chi connectivity index (χ2n) is 13.1. The second kappa shape index (κ2) is 13.7. The summed E-state index contributed by atoms with van der Waals surface area (Å²) in [6.07, 6.45) is -1.31. The number of rotatable bonds is 8. The van der Waals surface area contributed by atoms with E-state index in [9.17, 15) is 0 Å². The van der Waals surface area contributed by atoms with Crippen molar-refractivity contribution in [2.45, 2.75) is 49.7 Å². The molecule has 2 aliphatic heterocycles. The minimum atomic E-state index is -2.09. The lowest BCUT2D eigenvalue weighted by atomic mass is 9.72. The van der Waals surface area contributed by atoms with Crippen LogP contribution in [0.25, 0.3) is 11.1 Å². The molecule has 2 aliphatic rings. The van der Waals surface area contributed by atoms with E-state index in [2.05, 4.69) is 91.0 Å². The first-order valence-corrected chi connectivity index (χ1v) is 18.1. The molecule has 8 rings (SSSR count). The molecule has 2 heterocycles. The highest BCUT2D eigenvalue weighted by Crippen LogP contribution is 2.65. The van der Waals surface area contributed by atoms with Gasteiger partial charge in [0.25, 0.3) is 0 Å². The Morgan fingerprint density at radius 3 is 1.26 bits per heavy atom. The van der Waals surface area contributed by atoms with Crippen LogP contribution in [0.3, 0.4) is 0 Å². The molecule has 0 N–H and O–H groups in total. The van der Waals surface area contributed by atoms with E-state index in [1.807, 2.05) is 98.8 Å². The zero-order chi connectivity index (χ0) is 34.0. The van der Waals surface area contributed by atoms with Crippen LogP contribution in [0, 0.1) is 0 Å². The average molecular weight is 679 g/mol. The molecule has 0 aromatic heterocycles. The maximum atomic E-state index is 7.46. The molecule has 6 heteroatoms. The van der Waals surface area contributed by atoms with Gasteiger partial charge < -0.3 is 14.0 Å². The zero-order valence-electron chi connectivity index (χ0n) is 28.1. The number of ether oxygens (including phenoxy) is 2. The van der Waals surface area contributed by atoms with Crippen LogP contribution < -0.4 is 0 Å².